The number of nitrogens with two attached hydrogens (primary N) is 1. The van der Waals surface area contributed by atoms with Gasteiger partial charge in [-0.05, 0) is 24.6 Å². The molecule has 0 spiro atoms. The fourth-order valence-electron chi connectivity index (χ4n) is 1.56. The summed E-state index contributed by atoms with van der Waals surface area (Å²) in [5.41, 5.74) is 5.58. The number of carbonyl (C=O) groups excluding carboxylic acids is 1. The van der Waals surface area contributed by atoms with Crippen LogP contribution in [0.1, 0.15) is 23.2 Å². The van der Waals surface area contributed by atoms with E-state index in [0.717, 1.165) is 12.3 Å². The highest BCUT2D eigenvalue weighted by molar-refractivity contribution is 7.90. The Hall–Kier alpha value is -1.77. The fourth-order valence-corrected chi connectivity index (χ4v) is 2.25. The van der Waals surface area contributed by atoms with Gasteiger partial charge in [0, 0.05) is 30.5 Å². The molecule has 118 valence electrons. The molecule has 0 fully saturated rings. The highest BCUT2D eigenvalue weighted by atomic mass is 32.2. The van der Waals surface area contributed by atoms with Crippen LogP contribution in [0.4, 0.5) is 18.9 Å². The molecule has 0 aromatic heterocycles. The van der Waals surface area contributed by atoms with Gasteiger partial charge in [-0.25, -0.2) is 8.42 Å². The molecule has 0 aliphatic carbocycles. The number of alkyl halides is 3. The Balaban J connectivity index is 2.73. The second kappa shape index (κ2) is 6.33. The molecule has 0 aliphatic heterocycles. The lowest BCUT2D eigenvalue weighted by molar-refractivity contribution is -0.135. The number of nitrogens with one attached hydrogen (secondary N) is 1. The highest BCUT2D eigenvalue weighted by Crippen LogP contribution is 2.21. The number of benzene rings is 1. The standard InChI is InChI=1S/C12H15F3N2O3S/c1-21(19,20)10-6-8(5-9(16)7-10)11(18)17-4-2-3-12(13,14)15/h5-7H,2-4,16H2,1H3,(H,17,18). The molecule has 0 unspecified atom stereocenters. The number of rotatable bonds is 5. The lowest BCUT2D eigenvalue weighted by atomic mass is 10.2. The molecule has 3 N–H and O–H groups in total. The SMILES string of the molecule is CS(=O)(=O)c1cc(N)cc(C(=O)NCCCC(F)(F)F)c1. The fraction of sp³-hybridized carbons (Fsp3) is 0.417. The Morgan fingerprint density at radius 2 is 1.90 bits per heavy atom. The maximum Gasteiger partial charge on any atom is 0.389 e. The van der Waals surface area contributed by atoms with Crippen LogP contribution in [-0.2, 0) is 9.84 Å². The number of amides is 1. The quantitative estimate of drug-likeness (QED) is 0.638. The van der Waals surface area contributed by atoms with Gasteiger partial charge in [-0.3, -0.25) is 4.79 Å². The summed E-state index contributed by atoms with van der Waals surface area (Å²) in [5.74, 6) is -0.672. The molecule has 0 bridgehead atoms. The molecule has 21 heavy (non-hydrogen) atoms. The van der Waals surface area contributed by atoms with Crippen molar-refractivity contribution in [3.8, 4) is 0 Å². The lowest BCUT2D eigenvalue weighted by Gasteiger charge is -2.09. The van der Waals surface area contributed by atoms with Crippen molar-refractivity contribution < 1.29 is 26.4 Å². The maximum absolute atomic E-state index is 11.9. The molecule has 0 saturated carbocycles. The average Bonchev–Trinajstić information content (AvgIpc) is 2.31. The molecular formula is C12H15F3N2O3S. The van der Waals surface area contributed by atoms with Crippen LogP contribution in [0.3, 0.4) is 0 Å². The van der Waals surface area contributed by atoms with Crippen molar-refractivity contribution >= 4 is 21.4 Å². The summed E-state index contributed by atoms with van der Waals surface area (Å²) in [5, 5.41) is 2.29. The van der Waals surface area contributed by atoms with Crippen molar-refractivity contribution in [2.75, 3.05) is 18.5 Å². The van der Waals surface area contributed by atoms with E-state index in [2.05, 4.69) is 5.32 Å². The van der Waals surface area contributed by atoms with Crippen LogP contribution in [-0.4, -0.2) is 33.3 Å². The van der Waals surface area contributed by atoms with E-state index in [1.54, 1.807) is 0 Å². The second-order valence-corrected chi connectivity index (χ2v) is 6.55. The summed E-state index contributed by atoms with van der Waals surface area (Å²) in [7, 11) is -3.53. The lowest BCUT2D eigenvalue weighted by Crippen LogP contribution is -2.26. The number of hydrogen-bond donors (Lipinski definition) is 2. The van der Waals surface area contributed by atoms with Gasteiger partial charge in [0.2, 0.25) is 0 Å². The minimum atomic E-state index is -4.27. The topological polar surface area (TPSA) is 89.3 Å². The third kappa shape index (κ3) is 6.03. The van der Waals surface area contributed by atoms with Crippen LogP contribution in [0.5, 0.6) is 0 Å². The number of nitrogen functional groups attached to an aromatic ring is 1. The normalized spacial score (nSPS) is 12.2. The van der Waals surface area contributed by atoms with E-state index in [1.165, 1.54) is 12.1 Å². The van der Waals surface area contributed by atoms with E-state index in [9.17, 15) is 26.4 Å². The van der Waals surface area contributed by atoms with E-state index in [-0.39, 0.29) is 29.1 Å². The molecule has 0 saturated heterocycles. The number of hydrogen-bond acceptors (Lipinski definition) is 4. The van der Waals surface area contributed by atoms with E-state index >= 15 is 0 Å². The average molecular weight is 324 g/mol. The zero-order valence-corrected chi connectivity index (χ0v) is 12.0. The van der Waals surface area contributed by atoms with Crippen LogP contribution >= 0.6 is 0 Å². The Bertz CT molecular complexity index is 627. The second-order valence-electron chi connectivity index (χ2n) is 4.54. The molecule has 0 atom stereocenters. The minimum Gasteiger partial charge on any atom is -0.399 e. The molecule has 5 nitrogen and oxygen atoms in total. The molecule has 0 heterocycles. The van der Waals surface area contributed by atoms with Crippen molar-refractivity contribution in [1.29, 1.82) is 0 Å². The molecule has 9 heteroatoms. The number of anilines is 1. The van der Waals surface area contributed by atoms with Crippen LogP contribution < -0.4 is 11.1 Å². The molecule has 1 aromatic rings. The molecule has 1 aromatic carbocycles. The zero-order valence-electron chi connectivity index (χ0n) is 11.2. The van der Waals surface area contributed by atoms with Crippen LogP contribution in [0.25, 0.3) is 0 Å². The molecule has 0 radical (unpaired) electrons. The first-order valence-corrected chi connectivity index (χ1v) is 7.84. The van der Waals surface area contributed by atoms with Gasteiger partial charge < -0.3 is 11.1 Å². The van der Waals surface area contributed by atoms with Gasteiger partial charge in [-0.15, -0.1) is 0 Å². The Labute approximate surface area is 120 Å². The van der Waals surface area contributed by atoms with Crippen molar-refractivity contribution in [3.63, 3.8) is 0 Å². The molecular weight excluding hydrogens is 309 g/mol. The Morgan fingerprint density at radius 3 is 2.43 bits per heavy atom. The van der Waals surface area contributed by atoms with Gasteiger partial charge in [-0.2, -0.15) is 13.2 Å². The minimum absolute atomic E-state index is 0.0116. The molecule has 1 rings (SSSR count). The predicted octanol–water partition coefficient (Wildman–Crippen LogP) is 1.74. The summed E-state index contributed by atoms with van der Waals surface area (Å²) in [4.78, 5) is 11.6. The number of carbonyl (C=O) groups is 1. The van der Waals surface area contributed by atoms with Crippen molar-refractivity contribution in [2.24, 2.45) is 0 Å². The summed E-state index contributed by atoms with van der Waals surface area (Å²) >= 11 is 0. The van der Waals surface area contributed by atoms with E-state index in [0.29, 0.717) is 0 Å². The third-order valence-corrected chi connectivity index (χ3v) is 3.63. The van der Waals surface area contributed by atoms with Crippen molar-refractivity contribution in [1.82, 2.24) is 5.32 Å². The van der Waals surface area contributed by atoms with E-state index in [1.807, 2.05) is 0 Å². The van der Waals surface area contributed by atoms with Crippen LogP contribution in [0.2, 0.25) is 0 Å². The van der Waals surface area contributed by atoms with Gasteiger partial charge >= 0.3 is 6.18 Å². The highest BCUT2D eigenvalue weighted by Gasteiger charge is 2.26. The van der Waals surface area contributed by atoms with Gasteiger partial charge in [0.05, 0.1) is 4.90 Å². The van der Waals surface area contributed by atoms with E-state index < -0.39 is 28.3 Å². The predicted molar refractivity (Wildman–Crippen MR) is 71.6 cm³/mol. The first-order chi connectivity index (χ1) is 9.49. The largest absolute Gasteiger partial charge is 0.399 e. The molecule has 1 amide bonds. The monoisotopic (exact) mass is 324 g/mol. The summed E-state index contributed by atoms with van der Waals surface area (Å²) in [6.07, 6.45) is -4.56. The zero-order chi connectivity index (χ0) is 16.3. The van der Waals surface area contributed by atoms with E-state index in [4.69, 9.17) is 5.73 Å². The van der Waals surface area contributed by atoms with Gasteiger partial charge in [-0.1, -0.05) is 0 Å². The third-order valence-electron chi connectivity index (χ3n) is 2.54. The maximum atomic E-state index is 11.9. The van der Waals surface area contributed by atoms with Gasteiger partial charge in [0.1, 0.15) is 0 Å². The first kappa shape index (κ1) is 17.3. The summed E-state index contributed by atoms with van der Waals surface area (Å²) < 4.78 is 58.7. The first-order valence-electron chi connectivity index (χ1n) is 5.94. The van der Waals surface area contributed by atoms with Crippen LogP contribution in [0, 0.1) is 0 Å². The summed E-state index contributed by atoms with van der Waals surface area (Å²) in [6, 6.07) is 3.59. The van der Waals surface area contributed by atoms with Crippen LogP contribution in [0.15, 0.2) is 23.1 Å². The number of halogens is 3. The Kier molecular flexibility index (Phi) is 5.21. The Morgan fingerprint density at radius 1 is 1.29 bits per heavy atom. The van der Waals surface area contributed by atoms with Crippen molar-refractivity contribution in [2.45, 2.75) is 23.9 Å². The number of sulfone groups is 1. The summed E-state index contributed by atoms with van der Waals surface area (Å²) in [6.45, 7) is -0.165. The van der Waals surface area contributed by atoms with Gasteiger partial charge in [0.15, 0.2) is 9.84 Å². The van der Waals surface area contributed by atoms with Crippen molar-refractivity contribution in [3.05, 3.63) is 23.8 Å². The van der Waals surface area contributed by atoms with Gasteiger partial charge in [0.25, 0.3) is 5.91 Å². The smallest absolute Gasteiger partial charge is 0.389 e. The molecule has 0 aliphatic rings.